The molecule has 148 valence electrons. The van der Waals surface area contributed by atoms with Crippen LogP contribution in [0.2, 0.25) is 5.02 Å². The number of nitrogens with one attached hydrogen (secondary N) is 1. The van der Waals surface area contributed by atoms with E-state index in [9.17, 15) is 9.59 Å². The number of anilines is 1. The van der Waals surface area contributed by atoms with Gasteiger partial charge < -0.3 is 15.1 Å². The Morgan fingerprint density at radius 3 is 2.68 bits per heavy atom. The van der Waals surface area contributed by atoms with Gasteiger partial charge in [-0.05, 0) is 29.7 Å². The summed E-state index contributed by atoms with van der Waals surface area (Å²) in [7, 11) is 0. The lowest BCUT2D eigenvalue weighted by atomic mass is 10.1. The number of carbonyl (C=O) groups is 2. The highest BCUT2D eigenvalue weighted by Gasteiger charge is 2.33. The average Bonchev–Trinajstić information content (AvgIpc) is 3.11. The molecule has 2 aliphatic heterocycles. The van der Waals surface area contributed by atoms with Crippen molar-refractivity contribution < 1.29 is 9.59 Å². The van der Waals surface area contributed by atoms with Gasteiger partial charge in [0, 0.05) is 36.9 Å². The van der Waals surface area contributed by atoms with E-state index in [1.165, 1.54) is 5.56 Å². The van der Waals surface area contributed by atoms with Gasteiger partial charge in [-0.1, -0.05) is 48.0 Å². The van der Waals surface area contributed by atoms with Gasteiger partial charge in [-0.15, -0.1) is 12.4 Å². The Labute approximate surface area is 176 Å². The van der Waals surface area contributed by atoms with E-state index in [1.807, 2.05) is 42.5 Å². The molecule has 28 heavy (non-hydrogen) atoms. The van der Waals surface area contributed by atoms with Gasteiger partial charge in [0.2, 0.25) is 11.8 Å². The maximum atomic E-state index is 12.9. The molecule has 4 rings (SSSR count). The Bertz CT molecular complexity index is 874. The molecule has 1 unspecified atom stereocenters. The van der Waals surface area contributed by atoms with E-state index in [0.717, 1.165) is 17.7 Å². The van der Waals surface area contributed by atoms with Gasteiger partial charge in [-0.3, -0.25) is 9.59 Å². The number of fused-ring (bicyclic) bond motifs is 1. The number of amides is 2. The molecular weight excluding hydrogens is 397 g/mol. The van der Waals surface area contributed by atoms with Gasteiger partial charge in [-0.2, -0.15) is 0 Å². The second kappa shape index (κ2) is 8.95. The number of hydrogen-bond acceptors (Lipinski definition) is 3. The summed E-state index contributed by atoms with van der Waals surface area (Å²) in [4.78, 5) is 29.3. The Morgan fingerprint density at radius 1 is 1.11 bits per heavy atom. The van der Waals surface area contributed by atoms with E-state index in [1.54, 1.807) is 9.80 Å². The second-order valence-electron chi connectivity index (χ2n) is 6.99. The lowest BCUT2D eigenvalue weighted by Crippen LogP contribution is -2.56. The predicted octanol–water partition coefficient (Wildman–Crippen LogP) is 3.04. The summed E-state index contributed by atoms with van der Waals surface area (Å²) < 4.78 is 0. The van der Waals surface area contributed by atoms with Gasteiger partial charge in [0.15, 0.2) is 0 Å². The number of nitrogens with zero attached hydrogens (tertiary/aromatic N) is 2. The summed E-state index contributed by atoms with van der Waals surface area (Å²) >= 11 is 6.23. The number of carbonyl (C=O) groups excluding carboxylic acids is 2. The van der Waals surface area contributed by atoms with Gasteiger partial charge in [0.05, 0.1) is 12.5 Å². The van der Waals surface area contributed by atoms with Crippen molar-refractivity contribution in [2.75, 3.05) is 24.5 Å². The van der Waals surface area contributed by atoms with Crippen molar-refractivity contribution in [2.45, 2.75) is 25.4 Å². The molecule has 0 aliphatic carbocycles. The molecule has 2 aromatic rings. The fourth-order valence-corrected chi connectivity index (χ4v) is 4.02. The number of piperazine rings is 1. The monoisotopic (exact) mass is 419 g/mol. The fourth-order valence-electron chi connectivity index (χ4n) is 3.82. The fraction of sp³-hybridized carbons (Fsp3) is 0.333. The summed E-state index contributed by atoms with van der Waals surface area (Å²) in [6.07, 6.45) is 1.04. The van der Waals surface area contributed by atoms with Crippen molar-refractivity contribution in [3.05, 3.63) is 64.7 Å². The molecule has 1 atom stereocenters. The topological polar surface area (TPSA) is 52.7 Å². The molecule has 0 spiro atoms. The second-order valence-corrected chi connectivity index (χ2v) is 7.39. The lowest BCUT2D eigenvalue weighted by Gasteiger charge is -2.34. The molecule has 1 saturated heterocycles. The van der Waals surface area contributed by atoms with Crippen LogP contribution in [0.1, 0.15) is 17.5 Å². The third kappa shape index (κ3) is 4.17. The normalized spacial score (nSPS) is 18.6. The minimum atomic E-state index is -0.485. The largest absolute Gasteiger partial charge is 0.336 e. The Morgan fingerprint density at radius 2 is 1.86 bits per heavy atom. The first kappa shape index (κ1) is 20.6. The molecule has 2 amide bonds. The molecule has 2 aromatic carbocycles. The van der Waals surface area contributed by atoms with Crippen molar-refractivity contribution in [2.24, 2.45) is 0 Å². The number of halogens is 2. The molecular formula is C21H23Cl2N3O2. The highest BCUT2D eigenvalue weighted by atomic mass is 35.5. The van der Waals surface area contributed by atoms with Gasteiger partial charge in [0.1, 0.15) is 0 Å². The molecule has 2 aliphatic rings. The molecule has 1 fully saturated rings. The minimum absolute atomic E-state index is 0. The summed E-state index contributed by atoms with van der Waals surface area (Å²) in [6, 6.07) is 15.0. The summed E-state index contributed by atoms with van der Waals surface area (Å²) in [5.74, 6) is -0.0487. The third-order valence-corrected chi connectivity index (χ3v) is 5.64. The molecule has 0 saturated carbocycles. The predicted molar refractivity (Wildman–Crippen MR) is 113 cm³/mol. The van der Waals surface area contributed by atoms with Crippen molar-refractivity contribution in [3.8, 4) is 0 Å². The molecule has 2 heterocycles. The van der Waals surface area contributed by atoms with E-state index in [0.29, 0.717) is 31.2 Å². The summed E-state index contributed by atoms with van der Waals surface area (Å²) in [6.45, 7) is 2.44. The Kier molecular flexibility index (Phi) is 6.60. The number of hydrogen-bond donors (Lipinski definition) is 1. The van der Waals surface area contributed by atoms with Crippen LogP contribution < -0.4 is 10.2 Å². The highest BCUT2D eigenvalue weighted by Crippen LogP contribution is 2.28. The van der Waals surface area contributed by atoms with Crippen molar-refractivity contribution in [1.82, 2.24) is 10.2 Å². The third-order valence-electron chi connectivity index (χ3n) is 5.27. The van der Waals surface area contributed by atoms with Crippen molar-refractivity contribution in [1.29, 1.82) is 0 Å². The van der Waals surface area contributed by atoms with Crippen LogP contribution in [0.5, 0.6) is 0 Å². The number of rotatable bonds is 4. The lowest BCUT2D eigenvalue weighted by molar-refractivity contribution is -0.138. The van der Waals surface area contributed by atoms with E-state index < -0.39 is 6.04 Å². The van der Waals surface area contributed by atoms with Crippen LogP contribution >= 0.6 is 24.0 Å². The maximum Gasteiger partial charge on any atom is 0.240 e. The Hall–Kier alpha value is -2.08. The summed E-state index contributed by atoms with van der Waals surface area (Å²) in [5.41, 5.74) is 3.08. The molecule has 1 N–H and O–H groups in total. The smallest absolute Gasteiger partial charge is 0.240 e. The average molecular weight is 420 g/mol. The maximum absolute atomic E-state index is 12.9. The Balaban J connectivity index is 0.00000225. The highest BCUT2D eigenvalue weighted by molar-refractivity contribution is 6.31. The van der Waals surface area contributed by atoms with Crippen LogP contribution in [0.25, 0.3) is 0 Å². The first-order valence-corrected chi connectivity index (χ1v) is 9.65. The SMILES string of the molecule is Cl.O=C1C(CC(=O)N2CCc3ccccc32)NCCN1Cc1ccccc1Cl. The minimum Gasteiger partial charge on any atom is -0.336 e. The molecule has 5 nitrogen and oxygen atoms in total. The van der Waals surface area contributed by atoms with Crippen molar-refractivity contribution in [3.63, 3.8) is 0 Å². The van der Waals surface area contributed by atoms with Crippen LogP contribution in [-0.4, -0.2) is 42.4 Å². The molecule has 7 heteroatoms. The van der Waals surface area contributed by atoms with Crippen LogP contribution in [0.4, 0.5) is 5.69 Å². The van der Waals surface area contributed by atoms with E-state index in [4.69, 9.17) is 11.6 Å². The molecule has 0 aromatic heterocycles. The quantitative estimate of drug-likeness (QED) is 0.828. The molecule has 0 radical (unpaired) electrons. The van der Waals surface area contributed by atoms with E-state index in [-0.39, 0.29) is 30.6 Å². The van der Waals surface area contributed by atoms with E-state index in [2.05, 4.69) is 11.4 Å². The van der Waals surface area contributed by atoms with Crippen LogP contribution in [0, 0.1) is 0 Å². The first-order chi connectivity index (χ1) is 13.1. The van der Waals surface area contributed by atoms with Crippen LogP contribution in [0.3, 0.4) is 0 Å². The first-order valence-electron chi connectivity index (χ1n) is 9.27. The van der Waals surface area contributed by atoms with Crippen molar-refractivity contribution >= 4 is 41.5 Å². The molecule has 0 bridgehead atoms. The van der Waals surface area contributed by atoms with Gasteiger partial charge in [0.25, 0.3) is 0 Å². The van der Waals surface area contributed by atoms with E-state index >= 15 is 0 Å². The zero-order valence-electron chi connectivity index (χ0n) is 15.4. The zero-order valence-corrected chi connectivity index (χ0v) is 17.0. The zero-order chi connectivity index (χ0) is 18.8. The summed E-state index contributed by atoms with van der Waals surface area (Å²) in [5, 5.41) is 3.86. The number of benzene rings is 2. The number of para-hydroxylation sites is 1. The van der Waals surface area contributed by atoms with Crippen LogP contribution in [-0.2, 0) is 22.6 Å². The standard InChI is InChI=1S/C21H22ClN3O2.ClH/c22-17-7-3-1-6-16(17)14-24-12-10-23-18(21(24)27)13-20(26)25-11-9-15-5-2-4-8-19(15)25;/h1-8,18,23H,9-14H2;1H. The van der Waals surface area contributed by atoms with Gasteiger partial charge in [-0.25, -0.2) is 0 Å². The van der Waals surface area contributed by atoms with Gasteiger partial charge >= 0.3 is 0 Å². The van der Waals surface area contributed by atoms with Crippen LogP contribution in [0.15, 0.2) is 48.5 Å².